The Morgan fingerprint density at radius 1 is 1.13 bits per heavy atom. The SMILES string of the molecule is CC.COc1cc(C)c2[nH]ccc2c1CN1CCN(CC(F)F)CC1.O=C(O)c1cccc2c1NCCC2. The number of carboxylic acid groups (broad SMARTS) is 1. The number of hydrogen-bond acceptors (Lipinski definition) is 5. The van der Waals surface area contributed by atoms with Crippen LogP contribution in [0.5, 0.6) is 5.75 Å². The largest absolute Gasteiger partial charge is 0.496 e. The first-order chi connectivity index (χ1) is 18.4. The Bertz CT molecular complexity index is 1190. The number of fused-ring (bicyclic) bond motifs is 2. The summed E-state index contributed by atoms with van der Waals surface area (Å²) in [6.45, 7) is 10.6. The lowest BCUT2D eigenvalue weighted by molar-refractivity contribution is 0.0542. The van der Waals surface area contributed by atoms with Gasteiger partial charge in [0.05, 0.1) is 24.9 Å². The Morgan fingerprint density at radius 3 is 2.50 bits per heavy atom. The maximum Gasteiger partial charge on any atom is 0.337 e. The van der Waals surface area contributed by atoms with Crippen molar-refractivity contribution in [1.82, 2.24) is 14.8 Å². The summed E-state index contributed by atoms with van der Waals surface area (Å²) in [4.78, 5) is 18.3. The van der Waals surface area contributed by atoms with Gasteiger partial charge in [-0.3, -0.25) is 9.80 Å². The van der Waals surface area contributed by atoms with E-state index in [1.54, 1.807) is 19.2 Å². The molecule has 0 saturated carbocycles. The number of ether oxygens (including phenoxy) is 1. The average Bonchev–Trinajstić information content (AvgIpc) is 3.43. The van der Waals surface area contributed by atoms with E-state index < -0.39 is 12.4 Å². The molecule has 9 heteroatoms. The molecule has 1 aromatic heterocycles. The lowest BCUT2D eigenvalue weighted by Gasteiger charge is -2.34. The van der Waals surface area contributed by atoms with Crippen LogP contribution in [0.2, 0.25) is 0 Å². The number of nitrogens with one attached hydrogen (secondary N) is 2. The summed E-state index contributed by atoms with van der Waals surface area (Å²) in [6, 6.07) is 9.55. The standard InChI is InChI=1S/C17H23F2N3O.C10H11NO2.C2H6/c1-12-9-15(23-2)14(13-3-4-20-17(12)13)10-21-5-7-22(8-6-21)11-16(18)19;12-10(13)8-5-1-3-7-4-2-6-11-9(7)8;1-2/h3-4,9,16,20H,5-8,10-11H2,1-2H3;1,3,5,11H,2,4,6H2,(H,12,13);1-2H3. The molecule has 0 amide bonds. The minimum atomic E-state index is -2.25. The average molecular weight is 531 g/mol. The van der Waals surface area contributed by atoms with Crippen LogP contribution in [0.15, 0.2) is 36.5 Å². The number of halogens is 2. The van der Waals surface area contributed by atoms with E-state index in [0.29, 0.717) is 18.7 Å². The van der Waals surface area contributed by atoms with E-state index in [9.17, 15) is 13.6 Å². The first-order valence-electron chi connectivity index (χ1n) is 13.3. The highest BCUT2D eigenvalue weighted by molar-refractivity contribution is 5.95. The first-order valence-corrected chi connectivity index (χ1v) is 13.3. The number of anilines is 1. The Kier molecular flexibility index (Phi) is 10.9. The molecular weight excluding hydrogens is 490 g/mol. The van der Waals surface area contributed by atoms with Gasteiger partial charge in [-0.15, -0.1) is 0 Å². The van der Waals surface area contributed by atoms with Gasteiger partial charge in [0.1, 0.15) is 5.75 Å². The molecule has 3 heterocycles. The fourth-order valence-corrected chi connectivity index (χ4v) is 5.02. The van der Waals surface area contributed by atoms with Crippen LogP contribution < -0.4 is 10.1 Å². The van der Waals surface area contributed by atoms with Crippen LogP contribution in [0, 0.1) is 6.92 Å². The van der Waals surface area contributed by atoms with E-state index in [0.717, 1.165) is 72.7 Å². The highest BCUT2D eigenvalue weighted by Gasteiger charge is 2.22. The lowest BCUT2D eigenvalue weighted by Crippen LogP contribution is -2.47. The van der Waals surface area contributed by atoms with Gasteiger partial charge in [0.15, 0.2) is 0 Å². The van der Waals surface area contributed by atoms with E-state index in [4.69, 9.17) is 9.84 Å². The Hall–Kier alpha value is -3.17. The number of carbonyl (C=O) groups is 1. The predicted octanol–water partition coefficient (Wildman–Crippen LogP) is 5.64. The number of alkyl halides is 2. The zero-order valence-corrected chi connectivity index (χ0v) is 22.8. The quantitative estimate of drug-likeness (QED) is 0.383. The molecule has 2 aliphatic heterocycles. The number of H-pyrrole nitrogens is 1. The van der Waals surface area contributed by atoms with Gasteiger partial charge in [0.25, 0.3) is 6.43 Å². The normalized spacial score (nSPS) is 15.6. The van der Waals surface area contributed by atoms with Gasteiger partial charge in [0.2, 0.25) is 0 Å². The molecule has 2 aromatic carbocycles. The molecule has 0 bridgehead atoms. The maximum absolute atomic E-state index is 12.5. The van der Waals surface area contributed by atoms with Crippen LogP contribution in [0.25, 0.3) is 10.9 Å². The number of aromatic nitrogens is 1. The number of piperazine rings is 1. The molecule has 3 aromatic rings. The number of benzene rings is 2. The second-order valence-corrected chi connectivity index (χ2v) is 9.28. The van der Waals surface area contributed by atoms with Gasteiger partial charge < -0.3 is 20.1 Å². The van der Waals surface area contributed by atoms with Crippen molar-refractivity contribution in [3.05, 3.63) is 58.8 Å². The van der Waals surface area contributed by atoms with Crippen molar-refractivity contribution in [2.24, 2.45) is 0 Å². The van der Waals surface area contributed by atoms with E-state index in [1.165, 1.54) is 5.39 Å². The molecule has 1 saturated heterocycles. The Morgan fingerprint density at radius 2 is 1.84 bits per heavy atom. The minimum Gasteiger partial charge on any atom is -0.496 e. The highest BCUT2D eigenvalue weighted by Crippen LogP contribution is 2.32. The Labute approximate surface area is 223 Å². The molecule has 0 atom stereocenters. The van der Waals surface area contributed by atoms with Crippen LogP contribution in [0.3, 0.4) is 0 Å². The van der Waals surface area contributed by atoms with Crippen LogP contribution in [0.4, 0.5) is 14.5 Å². The molecule has 0 aliphatic carbocycles. The van der Waals surface area contributed by atoms with Gasteiger partial charge in [-0.1, -0.05) is 26.0 Å². The molecule has 5 rings (SSSR count). The molecule has 1 fully saturated rings. The van der Waals surface area contributed by atoms with Gasteiger partial charge in [-0.2, -0.15) is 0 Å². The molecule has 0 radical (unpaired) electrons. The number of aryl methyl sites for hydroxylation is 2. The molecule has 208 valence electrons. The predicted molar refractivity (Wildman–Crippen MR) is 149 cm³/mol. The summed E-state index contributed by atoms with van der Waals surface area (Å²) in [6.07, 6.45) is 1.75. The maximum atomic E-state index is 12.5. The second kappa shape index (κ2) is 14.1. The van der Waals surface area contributed by atoms with Crippen molar-refractivity contribution in [1.29, 1.82) is 0 Å². The number of rotatable bonds is 6. The summed E-state index contributed by atoms with van der Waals surface area (Å²) in [5.41, 5.74) is 5.77. The van der Waals surface area contributed by atoms with Crippen molar-refractivity contribution >= 4 is 22.6 Å². The zero-order valence-electron chi connectivity index (χ0n) is 22.8. The van der Waals surface area contributed by atoms with E-state index in [-0.39, 0.29) is 6.54 Å². The Balaban J connectivity index is 0.000000225. The van der Waals surface area contributed by atoms with Crippen molar-refractivity contribution in [2.75, 3.05) is 51.7 Å². The minimum absolute atomic E-state index is 0.121. The molecule has 3 N–H and O–H groups in total. The van der Waals surface area contributed by atoms with E-state index in [2.05, 4.69) is 34.3 Å². The molecule has 38 heavy (non-hydrogen) atoms. The first kappa shape index (κ1) is 29.4. The topological polar surface area (TPSA) is 80.8 Å². The summed E-state index contributed by atoms with van der Waals surface area (Å²) in [5.74, 6) is 0.0378. The third kappa shape index (κ3) is 7.23. The zero-order chi connectivity index (χ0) is 27.7. The number of methoxy groups -OCH3 is 1. The van der Waals surface area contributed by atoms with Crippen molar-refractivity contribution < 1.29 is 23.4 Å². The van der Waals surface area contributed by atoms with E-state index in [1.807, 2.05) is 31.0 Å². The monoisotopic (exact) mass is 530 g/mol. The van der Waals surface area contributed by atoms with Crippen molar-refractivity contribution in [3.63, 3.8) is 0 Å². The van der Waals surface area contributed by atoms with Gasteiger partial charge in [-0.05, 0) is 49.1 Å². The fraction of sp³-hybridized carbons (Fsp3) is 0.483. The van der Waals surface area contributed by atoms with Crippen molar-refractivity contribution in [3.8, 4) is 5.75 Å². The third-order valence-corrected chi connectivity index (χ3v) is 6.88. The molecular formula is C29H40F2N4O3. The van der Waals surface area contributed by atoms with Crippen molar-refractivity contribution in [2.45, 2.75) is 46.6 Å². The molecule has 7 nitrogen and oxygen atoms in total. The summed E-state index contributed by atoms with van der Waals surface area (Å²) in [5, 5.41) is 13.2. The second-order valence-electron chi connectivity index (χ2n) is 9.28. The lowest BCUT2D eigenvalue weighted by atomic mass is 10.00. The van der Waals surface area contributed by atoms with Gasteiger partial charge >= 0.3 is 5.97 Å². The number of aromatic carboxylic acids is 1. The molecule has 2 aliphatic rings. The number of hydrogen-bond donors (Lipinski definition) is 3. The molecule has 0 unspecified atom stereocenters. The van der Waals surface area contributed by atoms with Crippen LogP contribution in [0.1, 0.15) is 47.3 Å². The third-order valence-electron chi connectivity index (χ3n) is 6.88. The fourth-order valence-electron chi connectivity index (χ4n) is 5.02. The molecule has 0 spiro atoms. The summed E-state index contributed by atoms with van der Waals surface area (Å²) in [7, 11) is 1.69. The smallest absolute Gasteiger partial charge is 0.337 e. The van der Waals surface area contributed by atoms with E-state index >= 15 is 0 Å². The number of carboxylic acids is 1. The summed E-state index contributed by atoms with van der Waals surface area (Å²) >= 11 is 0. The number of para-hydroxylation sites is 1. The van der Waals surface area contributed by atoms with Gasteiger partial charge in [0, 0.05) is 61.9 Å². The van der Waals surface area contributed by atoms with Gasteiger partial charge in [-0.25, -0.2) is 13.6 Å². The highest BCUT2D eigenvalue weighted by atomic mass is 19.3. The van der Waals surface area contributed by atoms with Crippen LogP contribution >= 0.6 is 0 Å². The van der Waals surface area contributed by atoms with Crippen LogP contribution in [-0.4, -0.2) is 78.7 Å². The summed E-state index contributed by atoms with van der Waals surface area (Å²) < 4.78 is 30.5. The van der Waals surface area contributed by atoms with Crippen LogP contribution in [-0.2, 0) is 13.0 Å². The number of aromatic amines is 1. The number of nitrogens with zero attached hydrogens (tertiary/aromatic N) is 2.